The second-order valence-electron chi connectivity index (χ2n) is 6.15. The lowest BCUT2D eigenvalue weighted by atomic mass is 10.2. The highest BCUT2D eigenvalue weighted by Gasteiger charge is 2.35. The highest BCUT2D eigenvalue weighted by atomic mass is 32.2. The summed E-state index contributed by atoms with van der Waals surface area (Å²) >= 11 is 0.880. The van der Waals surface area contributed by atoms with Gasteiger partial charge in [0.05, 0.1) is 19.8 Å². The number of amidine groups is 1. The Kier molecular flexibility index (Phi) is 7.05. The van der Waals surface area contributed by atoms with Crippen LogP contribution in [-0.2, 0) is 14.8 Å². The van der Waals surface area contributed by atoms with Gasteiger partial charge < -0.3 is 9.47 Å². The molecule has 1 aromatic heterocycles. The normalized spacial score (nSPS) is 11.0. The average Bonchev–Trinajstić information content (AvgIpc) is 2.78. The molecule has 1 heterocycles. The first-order valence-electron chi connectivity index (χ1n) is 9.08. The predicted molar refractivity (Wildman–Crippen MR) is 119 cm³/mol. The van der Waals surface area contributed by atoms with E-state index in [9.17, 15) is 13.2 Å². The molecule has 166 valence electrons. The van der Waals surface area contributed by atoms with Crippen LogP contribution < -0.4 is 9.04 Å². The Balaban J connectivity index is 2.20. The Morgan fingerprint density at radius 1 is 1.00 bits per heavy atom. The van der Waals surface area contributed by atoms with Crippen molar-refractivity contribution in [3.05, 3.63) is 66.0 Å². The molecule has 0 radical (unpaired) electrons. The molecular weight excluding hydrogens is 454 g/mol. The van der Waals surface area contributed by atoms with E-state index in [1.807, 2.05) is 0 Å². The van der Waals surface area contributed by atoms with Gasteiger partial charge in [-0.25, -0.2) is 13.2 Å². The molecule has 0 saturated heterocycles. The summed E-state index contributed by atoms with van der Waals surface area (Å²) in [4.78, 5) is 24.6. The Labute approximate surface area is 189 Å². The highest BCUT2D eigenvalue weighted by molar-refractivity contribution is 8.15. The molecule has 0 aliphatic heterocycles. The number of thioether (sulfide) groups is 1. The lowest BCUT2D eigenvalue weighted by Crippen LogP contribution is -2.37. The quantitative estimate of drug-likeness (QED) is 0.248. The number of benzene rings is 2. The van der Waals surface area contributed by atoms with Gasteiger partial charge in [0.2, 0.25) is 0 Å². The van der Waals surface area contributed by atoms with Crippen LogP contribution in [0.15, 0.2) is 64.4 Å². The van der Waals surface area contributed by atoms with Gasteiger partial charge in [-0.05, 0) is 31.2 Å². The minimum Gasteiger partial charge on any atom is -0.467 e. The molecule has 0 aliphatic carbocycles. The molecule has 0 atom stereocenters. The van der Waals surface area contributed by atoms with Gasteiger partial charge in [-0.1, -0.05) is 42.1 Å². The zero-order chi connectivity index (χ0) is 23.3. The van der Waals surface area contributed by atoms with Crippen molar-refractivity contribution in [2.45, 2.75) is 16.7 Å². The number of esters is 1. The number of nitrogens with one attached hydrogen (secondary N) is 1. The number of anilines is 1. The van der Waals surface area contributed by atoms with E-state index in [0.717, 1.165) is 18.9 Å². The largest absolute Gasteiger partial charge is 0.467 e. The van der Waals surface area contributed by atoms with Crippen molar-refractivity contribution >= 4 is 38.9 Å². The third-order valence-electron chi connectivity index (χ3n) is 4.03. The maximum atomic E-state index is 13.7. The van der Waals surface area contributed by atoms with Crippen LogP contribution in [0.1, 0.15) is 16.2 Å². The number of aromatic nitrogens is 3. The number of aryl methyl sites for hydroxylation is 1. The summed E-state index contributed by atoms with van der Waals surface area (Å²) in [6.45, 7) is 1.54. The van der Waals surface area contributed by atoms with Gasteiger partial charge in [-0.15, -0.1) is 0 Å². The van der Waals surface area contributed by atoms with Gasteiger partial charge in [-0.2, -0.15) is 19.3 Å². The number of carbonyl (C=O) groups excluding carboxylic acids is 1. The summed E-state index contributed by atoms with van der Waals surface area (Å²) in [5.41, 5.74) is -0.185. The zero-order valence-electron chi connectivity index (χ0n) is 17.3. The van der Waals surface area contributed by atoms with Crippen molar-refractivity contribution in [2.24, 2.45) is 0 Å². The minimum absolute atomic E-state index is 0.119. The second-order valence-corrected chi connectivity index (χ2v) is 8.96. The number of sulfonamides is 1. The molecule has 3 rings (SSSR count). The van der Waals surface area contributed by atoms with Crippen LogP contribution in [0.5, 0.6) is 6.01 Å². The molecule has 10 nitrogen and oxygen atoms in total. The van der Waals surface area contributed by atoms with Crippen molar-refractivity contribution in [3.63, 3.8) is 0 Å². The second kappa shape index (κ2) is 9.75. The third kappa shape index (κ3) is 4.86. The van der Waals surface area contributed by atoms with Crippen LogP contribution in [-0.4, -0.2) is 48.7 Å². The molecule has 12 heteroatoms. The molecule has 0 saturated carbocycles. The maximum absolute atomic E-state index is 13.7. The number of carbonyl (C=O) groups is 1. The van der Waals surface area contributed by atoms with Gasteiger partial charge in [0.1, 0.15) is 10.7 Å². The number of hydrogen-bond acceptors (Lipinski definition) is 10. The Bertz CT molecular complexity index is 1250. The molecule has 3 aromatic rings. The van der Waals surface area contributed by atoms with E-state index in [4.69, 9.17) is 14.9 Å². The standard InChI is InChI=1S/C20H19N5O5S2/c1-13-22-19(24-20(23-13)30-3)25(18(21)31-14-9-5-4-6-10-14)32(27,28)16-12-8-7-11-15(16)17(26)29-2/h4-12,21H,1-3H3. The number of nitrogens with zero attached hydrogens (tertiary/aromatic N) is 4. The fourth-order valence-electron chi connectivity index (χ4n) is 2.64. The average molecular weight is 474 g/mol. The summed E-state index contributed by atoms with van der Waals surface area (Å²) in [6, 6.07) is 14.2. The van der Waals surface area contributed by atoms with E-state index >= 15 is 0 Å². The smallest absolute Gasteiger partial charge is 0.339 e. The molecule has 2 aromatic carbocycles. The molecular formula is C20H19N5O5S2. The molecule has 0 unspecified atom stereocenters. The van der Waals surface area contributed by atoms with Gasteiger partial charge in [0, 0.05) is 4.90 Å². The van der Waals surface area contributed by atoms with Crippen molar-refractivity contribution in [1.82, 2.24) is 15.0 Å². The van der Waals surface area contributed by atoms with Gasteiger partial charge >= 0.3 is 12.0 Å². The van der Waals surface area contributed by atoms with E-state index < -0.39 is 21.2 Å². The fraction of sp³-hybridized carbons (Fsp3) is 0.150. The molecule has 0 fully saturated rings. The van der Waals surface area contributed by atoms with Gasteiger partial charge in [0.15, 0.2) is 5.17 Å². The topological polar surface area (TPSA) is 135 Å². The number of hydrogen-bond donors (Lipinski definition) is 1. The molecule has 32 heavy (non-hydrogen) atoms. The lowest BCUT2D eigenvalue weighted by molar-refractivity contribution is 0.0596. The van der Waals surface area contributed by atoms with E-state index in [-0.39, 0.29) is 28.2 Å². The number of ether oxygens (including phenoxy) is 2. The predicted octanol–water partition coefficient (Wildman–Crippen LogP) is 2.90. The van der Waals surface area contributed by atoms with E-state index in [0.29, 0.717) is 9.20 Å². The number of rotatable bonds is 6. The van der Waals surface area contributed by atoms with Gasteiger partial charge in [0.25, 0.3) is 16.0 Å². The van der Waals surface area contributed by atoms with Crippen molar-refractivity contribution in [2.75, 3.05) is 18.5 Å². The minimum atomic E-state index is -4.52. The fourth-order valence-corrected chi connectivity index (χ4v) is 5.12. The van der Waals surface area contributed by atoms with Crippen LogP contribution in [0.25, 0.3) is 0 Å². The van der Waals surface area contributed by atoms with E-state index in [1.54, 1.807) is 30.3 Å². The monoisotopic (exact) mass is 473 g/mol. The molecule has 0 amide bonds. The Hall–Kier alpha value is -3.51. The maximum Gasteiger partial charge on any atom is 0.339 e. The SMILES string of the molecule is COC(=O)c1ccccc1S(=O)(=O)N(C(=N)Sc1ccccc1)c1nc(C)nc(OC)n1. The van der Waals surface area contributed by atoms with Crippen LogP contribution >= 0.6 is 11.8 Å². The summed E-state index contributed by atoms with van der Waals surface area (Å²) in [5, 5.41) is 8.19. The van der Waals surface area contributed by atoms with E-state index in [2.05, 4.69) is 15.0 Å². The number of methoxy groups -OCH3 is 2. The first-order valence-corrected chi connectivity index (χ1v) is 11.3. The molecule has 0 spiro atoms. The van der Waals surface area contributed by atoms with Crippen LogP contribution in [0.4, 0.5) is 5.95 Å². The first-order chi connectivity index (χ1) is 15.3. The summed E-state index contributed by atoms with van der Waals surface area (Å²) in [6.07, 6.45) is 0. The first kappa shape index (κ1) is 23.2. The Morgan fingerprint density at radius 2 is 1.66 bits per heavy atom. The van der Waals surface area contributed by atoms with Crippen LogP contribution in [0.2, 0.25) is 0 Å². The highest BCUT2D eigenvalue weighted by Crippen LogP contribution is 2.30. The van der Waals surface area contributed by atoms with Crippen LogP contribution in [0.3, 0.4) is 0 Å². The molecule has 0 aliphatic rings. The van der Waals surface area contributed by atoms with Crippen molar-refractivity contribution in [1.29, 1.82) is 5.41 Å². The van der Waals surface area contributed by atoms with Crippen molar-refractivity contribution < 1.29 is 22.7 Å². The summed E-state index contributed by atoms with van der Waals surface area (Å²) in [7, 11) is -2.04. The van der Waals surface area contributed by atoms with Crippen LogP contribution in [0, 0.1) is 12.3 Å². The lowest BCUT2D eigenvalue weighted by Gasteiger charge is -2.23. The molecule has 0 bridgehead atoms. The third-order valence-corrected chi connectivity index (χ3v) is 6.77. The van der Waals surface area contributed by atoms with Crippen molar-refractivity contribution in [3.8, 4) is 6.01 Å². The summed E-state index contributed by atoms with van der Waals surface area (Å²) in [5.74, 6) is -0.996. The van der Waals surface area contributed by atoms with Gasteiger partial charge in [-0.3, -0.25) is 5.41 Å². The Morgan fingerprint density at radius 3 is 2.31 bits per heavy atom. The summed E-state index contributed by atoms with van der Waals surface area (Å²) < 4.78 is 37.9. The van der Waals surface area contributed by atoms with E-state index in [1.165, 1.54) is 38.3 Å². The zero-order valence-corrected chi connectivity index (χ0v) is 19.0. The molecule has 1 N–H and O–H groups in total.